The van der Waals surface area contributed by atoms with Crippen molar-refractivity contribution in [1.82, 2.24) is 0 Å². The van der Waals surface area contributed by atoms with Gasteiger partial charge in [0.15, 0.2) is 0 Å². The summed E-state index contributed by atoms with van der Waals surface area (Å²) >= 11 is 0. The predicted octanol–water partition coefficient (Wildman–Crippen LogP) is 3.07. The van der Waals surface area contributed by atoms with E-state index in [-0.39, 0.29) is 23.9 Å². The van der Waals surface area contributed by atoms with E-state index in [9.17, 15) is 9.90 Å². The zero-order valence-electron chi connectivity index (χ0n) is 11.7. The van der Waals surface area contributed by atoms with Crippen LogP contribution < -0.4 is 0 Å². The molecule has 2 unspecified atom stereocenters. The van der Waals surface area contributed by atoms with Gasteiger partial charge in [0, 0.05) is 0 Å². The Bertz CT molecular complexity index is 251. The SMILES string of the molecule is CC=CCCC(C)OC(=O)CC(O)C(C)(C)C. The van der Waals surface area contributed by atoms with Crippen molar-refractivity contribution in [3.63, 3.8) is 0 Å². The highest BCUT2D eigenvalue weighted by atomic mass is 16.5. The van der Waals surface area contributed by atoms with E-state index in [1.54, 1.807) is 0 Å². The summed E-state index contributed by atoms with van der Waals surface area (Å²) < 4.78 is 5.23. The number of carbonyl (C=O) groups is 1. The van der Waals surface area contributed by atoms with Gasteiger partial charge in [-0.1, -0.05) is 32.9 Å². The second-order valence-corrected chi connectivity index (χ2v) is 5.53. The maximum atomic E-state index is 11.5. The first-order valence-electron chi connectivity index (χ1n) is 6.26. The van der Waals surface area contributed by atoms with Crippen molar-refractivity contribution in [3.8, 4) is 0 Å². The minimum absolute atomic E-state index is 0.0669. The average Bonchev–Trinajstić information content (AvgIpc) is 2.16. The third-order valence-corrected chi connectivity index (χ3v) is 2.67. The molecular formula is C14H26O3. The first-order chi connectivity index (χ1) is 7.77. The Kier molecular flexibility index (Phi) is 7.12. The first kappa shape index (κ1) is 16.2. The normalized spacial score (nSPS) is 15.9. The van der Waals surface area contributed by atoms with Crippen LogP contribution in [-0.4, -0.2) is 23.3 Å². The molecule has 17 heavy (non-hydrogen) atoms. The van der Waals surface area contributed by atoms with E-state index < -0.39 is 6.10 Å². The summed E-state index contributed by atoms with van der Waals surface area (Å²) in [5, 5.41) is 9.77. The third-order valence-electron chi connectivity index (χ3n) is 2.67. The van der Waals surface area contributed by atoms with Gasteiger partial charge in [-0.15, -0.1) is 0 Å². The number of hydrogen-bond acceptors (Lipinski definition) is 3. The lowest BCUT2D eigenvalue weighted by molar-refractivity contribution is -0.152. The van der Waals surface area contributed by atoms with Crippen molar-refractivity contribution in [3.05, 3.63) is 12.2 Å². The molecule has 0 saturated heterocycles. The standard InChI is InChI=1S/C14H26O3/c1-6-7-8-9-11(2)17-13(16)10-12(15)14(3,4)5/h6-7,11-12,15H,8-10H2,1-5H3. The lowest BCUT2D eigenvalue weighted by Gasteiger charge is -2.25. The Hall–Kier alpha value is -0.830. The van der Waals surface area contributed by atoms with E-state index in [1.165, 1.54) is 0 Å². The van der Waals surface area contributed by atoms with E-state index >= 15 is 0 Å². The fourth-order valence-corrected chi connectivity index (χ4v) is 1.29. The zero-order valence-corrected chi connectivity index (χ0v) is 11.7. The Balaban J connectivity index is 3.93. The number of ether oxygens (including phenoxy) is 1. The highest BCUT2D eigenvalue weighted by Crippen LogP contribution is 2.22. The number of carbonyl (C=O) groups excluding carboxylic acids is 1. The number of allylic oxidation sites excluding steroid dienone is 2. The number of aliphatic hydroxyl groups is 1. The van der Waals surface area contributed by atoms with Gasteiger partial charge in [-0.25, -0.2) is 0 Å². The lowest BCUT2D eigenvalue weighted by atomic mass is 9.87. The zero-order chi connectivity index (χ0) is 13.5. The molecule has 0 heterocycles. The molecule has 0 amide bonds. The fourth-order valence-electron chi connectivity index (χ4n) is 1.29. The van der Waals surface area contributed by atoms with Crippen molar-refractivity contribution in [2.45, 2.75) is 66.1 Å². The van der Waals surface area contributed by atoms with Gasteiger partial charge in [0.25, 0.3) is 0 Å². The Morgan fingerprint density at radius 3 is 2.47 bits per heavy atom. The number of rotatable bonds is 6. The van der Waals surface area contributed by atoms with Crippen molar-refractivity contribution in [1.29, 1.82) is 0 Å². The molecule has 2 atom stereocenters. The molecular weight excluding hydrogens is 216 g/mol. The van der Waals surface area contributed by atoms with Crippen molar-refractivity contribution < 1.29 is 14.6 Å². The molecule has 0 aliphatic heterocycles. The summed E-state index contributed by atoms with van der Waals surface area (Å²) in [6.45, 7) is 9.56. The number of aliphatic hydroxyl groups excluding tert-OH is 1. The summed E-state index contributed by atoms with van der Waals surface area (Å²) in [6.07, 6.45) is 5.08. The summed E-state index contributed by atoms with van der Waals surface area (Å²) in [4.78, 5) is 11.5. The van der Waals surface area contributed by atoms with Gasteiger partial charge >= 0.3 is 5.97 Å². The van der Waals surface area contributed by atoms with Crippen molar-refractivity contribution >= 4 is 5.97 Å². The molecule has 0 aromatic rings. The molecule has 100 valence electrons. The largest absolute Gasteiger partial charge is 0.463 e. The summed E-state index contributed by atoms with van der Waals surface area (Å²) in [7, 11) is 0. The highest BCUT2D eigenvalue weighted by Gasteiger charge is 2.25. The Morgan fingerprint density at radius 1 is 1.41 bits per heavy atom. The van der Waals surface area contributed by atoms with Gasteiger partial charge < -0.3 is 9.84 Å². The first-order valence-corrected chi connectivity index (χ1v) is 6.26. The Labute approximate surface area is 105 Å². The van der Waals surface area contributed by atoms with Crippen LogP contribution in [0.3, 0.4) is 0 Å². The molecule has 0 saturated carbocycles. The molecule has 0 aromatic carbocycles. The molecule has 0 fully saturated rings. The molecule has 0 radical (unpaired) electrons. The van der Waals surface area contributed by atoms with Crippen LogP contribution in [0, 0.1) is 5.41 Å². The maximum Gasteiger partial charge on any atom is 0.308 e. The molecule has 3 heteroatoms. The van der Waals surface area contributed by atoms with Crippen LogP contribution in [0.5, 0.6) is 0 Å². The van der Waals surface area contributed by atoms with E-state index in [4.69, 9.17) is 4.74 Å². The molecule has 0 aliphatic carbocycles. The van der Waals surface area contributed by atoms with Crippen molar-refractivity contribution in [2.75, 3.05) is 0 Å². The van der Waals surface area contributed by atoms with Crippen LogP contribution in [0.2, 0.25) is 0 Å². The molecule has 0 spiro atoms. The molecule has 0 bridgehead atoms. The molecule has 0 rings (SSSR count). The van der Waals surface area contributed by atoms with Gasteiger partial charge in [-0.05, 0) is 32.1 Å². The highest BCUT2D eigenvalue weighted by molar-refractivity contribution is 5.70. The average molecular weight is 242 g/mol. The summed E-state index contributed by atoms with van der Waals surface area (Å²) in [5.74, 6) is -0.319. The van der Waals surface area contributed by atoms with Crippen LogP contribution in [0.15, 0.2) is 12.2 Å². The number of hydrogen-bond donors (Lipinski definition) is 1. The minimum atomic E-state index is -0.655. The second-order valence-electron chi connectivity index (χ2n) is 5.53. The molecule has 1 N–H and O–H groups in total. The van der Waals surface area contributed by atoms with Crippen LogP contribution in [-0.2, 0) is 9.53 Å². The summed E-state index contributed by atoms with van der Waals surface area (Å²) in [5.41, 5.74) is -0.285. The summed E-state index contributed by atoms with van der Waals surface area (Å²) in [6, 6.07) is 0. The van der Waals surface area contributed by atoms with Crippen molar-refractivity contribution in [2.24, 2.45) is 5.41 Å². The van der Waals surface area contributed by atoms with E-state index in [0.29, 0.717) is 0 Å². The third kappa shape index (κ3) is 7.97. The quantitative estimate of drug-likeness (QED) is 0.575. The van der Waals surface area contributed by atoms with Gasteiger partial charge in [0.2, 0.25) is 0 Å². The molecule has 3 nitrogen and oxygen atoms in total. The van der Waals surface area contributed by atoms with Gasteiger partial charge in [0.05, 0.1) is 18.6 Å². The fraction of sp³-hybridized carbons (Fsp3) is 0.786. The van der Waals surface area contributed by atoms with Crippen LogP contribution in [0.25, 0.3) is 0 Å². The predicted molar refractivity (Wildman–Crippen MR) is 69.7 cm³/mol. The molecule has 0 aromatic heterocycles. The van der Waals surface area contributed by atoms with E-state index in [1.807, 2.05) is 46.8 Å². The van der Waals surface area contributed by atoms with Crippen LogP contribution >= 0.6 is 0 Å². The topological polar surface area (TPSA) is 46.5 Å². The van der Waals surface area contributed by atoms with Gasteiger partial charge in [-0.2, -0.15) is 0 Å². The monoisotopic (exact) mass is 242 g/mol. The lowest BCUT2D eigenvalue weighted by Crippen LogP contribution is -2.30. The Morgan fingerprint density at radius 2 is 2.00 bits per heavy atom. The van der Waals surface area contributed by atoms with Crippen LogP contribution in [0.1, 0.15) is 53.9 Å². The van der Waals surface area contributed by atoms with Gasteiger partial charge in [0.1, 0.15) is 0 Å². The van der Waals surface area contributed by atoms with E-state index in [0.717, 1.165) is 12.8 Å². The van der Waals surface area contributed by atoms with Gasteiger partial charge in [-0.3, -0.25) is 4.79 Å². The maximum absolute atomic E-state index is 11.5. The minimum Gasteiger partial charge on any atom is -0.463 e. The smallest absolute Gasteiger partial charge is 0.308 e. The molecule has 0 aliphatic rings. The van der Waals surface area contributed by atoms with E-state index in [2.05, 4.69) is 0 Å². The second kappa shape index (κ2) is 7.49. The van der Waals surface area contributed by atoms with Crippen LogP contribution in [0.4, 0.5) is 0 Å². The number of esters is 1.